The van der Waals surface area contributed by atoms with Crippen molar-refractivity contribution in [1.29, 1.82) is 0 Å². The number of nitrogens with one attached hydrogen (secondary N) is 1. The number of nitrogens with zero attached hydrogens (tertiary/aromatic N) is 3. The molecule has 5 nitrogen and oxygen atoms in total. The summed E-state index contributed by atoms with van der Waals surface area (Å²) in [5, 5.41) is 5.23. The van der Waals surface area contributed by atoms with Crippen LogP contribution in [-0.2, 0) is 6.54 Å². The second-order valence-electron chi connectivity index (χ2n) is 6.05. The molecule has 0 unspecified atom stereocenters. The third-order valence-electron chi connectivity index (χ3n) is 4.08. The standard InChI is InChI=1S/C17H22N4OS/c1-12-10-16(19-13(2)18-12)17(22)20-14-5-7-21(8-6-14)11-15-4-3-9-23-15/h3-4,9-10,14H,5-8,11H2,1-2H3,(H,20,22). The fourth-order valence-corrected chi connectivity index (χ4v) is 3.70. The predicted octanol–water partition coefficient (Wildman–Crippen LogP) is 2.55. The Kier molecular flexibility index (Phi) is 5.03. The van der Waals surface area contributed by atoms with Gasteiger partial charge in [0.15, 0.2) is 0 Å². The number of aryl methyl sites for hydroxylation is 2. The first-order valence-corrected chi connectivity index (χ1v) is 8.86. The second kappa shape index (κ2) is 7.19. The molecule has 122 valence electrons. The van der Waals surface area contributed by atoms with Crippen molar-refractivity contribution in [2.75, 3.05) is 13.1 Å². The Morgan fingerprint density at radius 2 is 2.13 bits per heavy atom. The van der Waals surface area contributed by atoms with Gasteiger partial charge in [-0.2, -0.15) is 0 Å². The van der Waals surface area contributed by atoms with Crippen LogP contribution in [0.1, 0.15) is 39.7 Å². The molecule has 0 saturated carbocycles. The van der Waals surface area contributed by atoms with Gasteiger partial charge in [0.05, 0.1) is 0 Å². The summed E-state index contributed by atoms with van der Waals surface area (Å²) in [4.78, 5) is 24.6. The van der Waals surface area contributed by atoms with Crippen LogP contribution in [0.4, 0.5) is 0 Å². The molecule has 0 spiro atoms. The van der Waals surface area contributed by atoms with E-state index < -0.39 is 0 Å². The van der Waals surface area contributed by atoms with Gasteiger partial charge in [0.2, 0.25) is 0 Å². The van der Waals surface area contributed by atoms with Gasteiger partial charge in [-0.05, 0) is 44.2 Å². The molecule has 6 heteroatoms. The highest BCUT2D eigenvalue weighted by atomic mass is 32.1. The Hall–Kier alpha value is -1.79. The predicted molar refractivity (Wildman–Crippen MR) is 91.6 cm³/mol. The Morgan fingerprint density at radius 3 is 2.78 bits per heavy atom. The maximum absolute atomic E-state index is 12.3. The maximum atomic E-state index is 12.3. The third-order valence-corrected chi connectivity index (χ3v) is 4.94. The number of piperidine rings is 1. The fraction of sp³-hybridized carbons (Fsp3) is 0.471. The van der Waals surface area contributed by atoms with Crippen molar-refractivity contribution in [2.45, 2.75) is 39.3 Å². The van der Waals surface area contributed by atoms with E-state index >= 15 is 0 Å². The van der Waals surface area contributed by atoms with Gasteiger partial charge < -0.3 is 5.32 Å². The molecule has 2 aromatic rings. The van der Waals surface area contributed by atoms with E-state index in [1.807, 2.05) is 13.8 Å². The van der Waals surface area contributed by atoms with Crippen LogP contribution in [0.15, 0.2) is 23.6 Å². The molecule has 1 aliphatic heterocycles. The lowest BCUT2D eigenvalue weighted by molar-refractivity contribution is 0.0903. The minimum Gasteiger partial charge on any atom is -0.348 e. The lowest BCUT2D eigenvalue weighted by Crippen LogP contribution is -2.44. The average molecular weight is 330 g/mol. The molecule has 0 bridgehead atoms. The molecule has 1 amide bonds. The van der Waals surface area contributed by atoms with E-state index in [0.29, 0.717) is 11.5 Å². The minimum absolute atomic E-state index is 0.0877. The van der Waals surface area contributed by atoms with E-state index in [1.165, 1.54) is 4.88 Å². The summed E-state index contributed by atoms with van der Waals surface area (Å²) in [7, 11) is 0. The Labute approximate surface area is 140 Å². The summed E-state index contributed by atoms with van der Waals surface area (Å²) in [5.41, 5.74) is 1.30. The van der Waals surface area contributed by atoms with Crippen LogP contribution in [0.25, 0.3) is 0 Å². The summed E-state index contributed by atoms with van der Waals surface area (Å²) in [6.07, 6.45) is 1.97. The van der Waals surface area contributed by atoms with E-state index in [-0.39, 0.29) is 11.9 Å². The van der Waals surface area contributed by atoms with Crippen LogP contribution < -0.4 is 5.32 Å². The number of hydrogen-bond donors (Lipinski definition) is 1. The fourth-order valence-electron chi connectivity index (χ4n) is 2.95. The molecule has 3 heterocycles. The largest absolute Gasteiger partial charge is 0.348 e. The van der Waals surface area contributed by atoms with Crippen molar-refractivity contribution in [3.63, 3.8) is 0 Å². The molecule has 1 N–H and O–H groups in total. The molecule has 0 radical (unpaired) electrons. The first kappa shape index (κ1) is 16.1. The number of thiophene rings is 1. The third kappa shape index (κ3) is 4.36. The van der Waals surface area contributed by atoms with Crippen LogP contribution in [0.5, 0.6) is 0 Å². The van der Waals surface area contributed by atoms with E-state index in [0.717, 1.165) is 38.2 Å². The van der Waals surface area contributed by atoms with Gasteiger partial charge in [-0.15, -0.1) is 11.3 Å². The monoisotopic (exact) mass is 330 g/mol. The zero-order valence-electron chi connectivity index (χ0n) is 13.6. The van der Waals surface area contributed by atoms with Crippen LogP contribution in [-0.4, -0.2) is 39.9 Å². The SMILES string of the molecule is Cc1cc(C(=O)NC2CCN(Cc3cccs3)CC2)nc(C)n1. The quantitative estimate of drug-likeness (QED) is 0.936. The van der Waals surface area contributed by atoms with Crippen molar-refractivity contribution in [1.82, 2.24) is 20.2 Å². The van der Waals surface area contributed by atoms with E-state index in [2.05, 4.69) is 37.7 Å². The molecule has 0 atom stereocenters. The van der Waals surface area contributed by atoms with Gasteiger partial charge in [-0.25, -0.2) is 9.97 Å². The highest BCUT2D eigenvalue weighted by Gasteiger charge is 2.22. The molecule has 1 fully saturated rings. The van der Waals surface area contributed by atoms with Crippen molar-refractivity contribution in [3.05, 3.63) is 45.7 Å². The molecule has 2 aromatic heterocycles. The summed E-state index contributed by atoms with van der Waals surface area (Å²) in [6.45, 7) is 6.75. The number of carbonyl (C=O) groups excluding carboxylic acids is 1. The minimum atomic E-state index is -0.0877. The average Bonchev–Trinajstić information content (AvgIpc) is 3.01. The Bertz CT molecular complexity index is 643. The Balaban J connectivity index is 1.51. The van der Waals surface area contributed by atoms with Gasteiger partial charge in [0.1, 0.15) is 11.5 Å². The molecular formula is C17H22N4OS. The summed E-state index contributed by atoms with van der Waals surface area (Å²) < 4.78 is 0. The lowest BCUT2D eigenvalue weighted by Gasteiger charge is -2.32. The zero-order chi connectivity index (χ0) is 16.2. The van der Waals surface area contributed by atoms with Gasteiger partial charge in [0, 0.05) is 36.2 Å². The highest BCUT2D eigenvalue weighted by molar-refractivity contribution is 7.09. The lowest BCUT2D eigenvalue weighted by atomic mass is 10.0. The zero-order valence-corrected chi connectivity index (χ0v) is 14.4. The number of amides is 1. The summed E-state index contributed by atoms with van der Waals surface area (Å²) >= 11 is 1.80. The summed E-state index contributed by atoms with van der Waals surface area (Å²) in [5.74, 6) is 0.552. The first-order chi connectivity index (χ1) is 11.1. The van der Waals surface area contributed by atoms with Gasteiger partial charge in [-0.1, -0.05) is 6.07 Å². The second-order valence-corrected chi connectivity index (χ2v) is 7.08. The molecule has 0 aromatic carbocycles. The highest BCUT2D eigenvalue weighted by Crippen LogP contribution is 2.17. The van der Waals surface area contributed by atoms with E-state index in [9.17, 15) is 4.79 Å². The number of carbonyl (C=O) groups is 1. The smallest absolute Gasteiger partial charge is 0.270 e. The maximum Gasteiger partial charge on any atom is 0.270 e. The number of rotatable bonds is 4. The van der Waals surface area contributed by atoms with Crippen LogP contribution in [0.2, 0.25) is 0 Å². The number of hydrogen-bond acceptors (Lipinski definition) is 5. The van der Waals surface area contributed by atoms with Crippen molar-refractivity contribution in [3.8, 4) is 0 Å². The Morgan fingerprint density at radius 1 is 1.35 bits per heavy atom. The molecule has 1 aliphatic rings. The normalized spacial score (nSPS) is 16.4. The summed E-state index contributed by atoms with van der Waals surface area (Å²) in [6, 6.07) is 6.25. The van der Waals surface area contributed by atoms with Crippen molar-refractivity contribution < 1.29 is 4.79 Å². The van der Waals surface area contributed by atoms with Gasteiger partial charge >= 0.3 is 0 Å². The first-order valence-electron chi connectivity index (χ1n) is 7.98. The van der Waals surface area contributed by atoms with Crippen LogP contribution in [0.3, 0.4) is 0 Å². The molecule has 3 rings (SSSR count). The van der Waals surface area contributed by atoms with E-state index in [4.69, 9.17) is 0 Å². The van der Waals surface area contributed by atoms with Crippen LogP contribution in [0, 0.1) is 13.8 Å². The number of likely N-dealkylation sites (tertiary alicyclic amines) is 1. The molecule has 23 heavy (non-hydrogen) atoms. The van der Waals surface area contributed by atoms with Crippen molar-refractivity contribution in [2.24, 2.45) is 0 Å². The molecule has 1 saturated heterocycles. The topological polar surface area (TPSA) is 58.1 Å². The van der Waals surface area contributed by atoms with Gasteiger partial charge in [0.25, 0.3) is 5.91 Å². The molecular weight excluding hydrogens is 308 g/mol. The van der Waals surface area contributed by atoms with Crippen LogP contribution >= 0.6 is 11.3 Å². The van der Waals surface area contributed by atoms with Crippen molar-refractivity contribution >= 4 is 17.2 Å². The number of aromatic nitrogens is 2. The molecule has 0 aliphatic carbocycles. The van der Waals surface area contributed by atoms with Gasteiger partial charge in [-0.3, -0.25) is 9.69 Å². The van der Waals surface area contributed by atoms with E-state index in [1.54, 1.807) is 17.4 Å².